The van der Waals surface area contributed by atoms with Gasteiger partial charge in [-0.2, -0.15) is 14.6 Å². The molecule has 0 unspecified atom stereocenters. The minimum atomic E-state index is 0.303. The van der Waals surface area contributed by atoms with Crippen molar-refractivity contribution in [2.75, 3.05) is 5.73 Å². The van der Waals surface area contributed by atoms with Crippen LogP contribution in [0.25, 0.3) is 5.65 Å². The van der Waals surface area contributed by atoms with Crippen LogP contribution in [0.4, 0.5) is 5.95 Å². The van der Waals surface area contributed by atoms with Gasteiger partial charge in [-0.05, 0) is 13.8 Å². The lowest BCUT2D eigenvalue weighted by atomic mass is 10.5. The highest BCUT2D eigenvalue weighted by Crippen LogP contribution is 2.20. The van der Waals surface area contributed by atoms with Gasteiger partial charge in [0.1, 0.15) is 10.8 Å². The maximum Gasteiger partial charge on any atom is 0.225 e. The summed E-state index contributed by atoms with van der Waals surface area (Å²) in [6.45, 7) is 3.56. The van der Waals surface area contributed by atoms with Crippen molar-refractivity contribution in [2.24, 2.45) is 0 Å². The van der Waals surface area contributed by atoms with Crippen LogP contribution in [0.5, 0.6) is 0 Å². The predicted octanol–water partition coefficient (Wildman–Crippen LogP) is 0.977. The molecule has 2 rings (SSSR count). The second-order valence-electron chi connectivity index (χ2n) is 2.76. The Morgan fingerprint density at radius 2 is 2.00 bits per heavy atom. The third-order valence-electron chi connectivity index (χ3n) is 1.73. The highest BCUT2D eigenvalue weighted by atomic mass is 35.5. The first kappa shape index (κ1) is 8.25. The number of rotatable bonds is 0. The van der Waals surface area contributed by atoms with Crippen molar-refractivity contribution in [2.45, 2.75) is 13.8 Å². The normalized spacial score (nSPS) is 11.0. The van der Waals surface area contributed by atoms with E-state index in [4.69, 9.17) is 17.3 Å². The van der Waals surface area contributed by atoms with Crippen LogP contribution >= 0.6 is 11.6 Å². The summed E-state index contributed by atoms with van der Waals surface area (Å²) in [6, 6.07) is 0. The lowest BCUT2D eigenvalue weighted by Crippen LogP contribution is -2.05. The van der Waals surface area contributed by atoms with E-state index in [1.165, 1.54) is 4.52 Å². The van der Waals surface area contributed by atoms with Gasteiger partial charge in [0.05, 0.1) is 5.69 Å². The third kappa shape index (κ3) is 1.12. The monoisotopic (exact) mass is 197 g/mol. The highest BCUT2D eigenvalue weighted by molar-refractivity contribution is 6.34. The van der Waals surface area contributed by atoms with Crippen molar-refractivity contribution in [1.82, 2.24) is 19.6 Å². The topological polar surface area (TPSA) is 69.1 Å². The Kier molecular flexibility index (Phi) is 1.63. The molecule has 0 amide bonds. The zero-order chi connectivity index (χ0) is 9.59. The molecule has 0 aliphatic rings. The van der Waals surface area contributed by atoms with E-state index in [2.05, 4.69) is 15.1 Å². The Balaban J connectivity index is 2.94. The number of aryl methyl sites for hydroxylation is 2. The molecular weight excluding hydrogens is 190 g/mol. The fourth-order valence-electron chi connectivity index (χ4n) is 1.14. The fourth-order valence-corrected chi connectivity index (χ4v) is 1.30. The Morgan fingerprint density at radius 3 is 2.69 bits per heavy atom. The molecule has 0 spiro atoms. The largest absolute Gasteiger partial charge is 0.368 e. The van der Waals surface area contributed by atoms with Crippen LogP contribution in [0.2, 0.25) is 5.02 Å². The summed E-state index contributed by atoms with van der Waals surface area (Å²) < 4.78 is 1.44. The van der Waals surface area contributed by atoms with Crippen molar-refractivity contribution < 1.29 is 0 Å². The predicted molar refractivity (Wildman–Crippen MR) is 49.7 cm³/mol. The fraction of sp³-hybridized carbons (Fsp3) is 0.286. The standard InChI is InChI=1S/C7H8ClN5/c1-3-5(8)6-10-4(2)11-7(9)13(6)12-3/h1-2H3,(H2,9,10,11). The van der Waals surface area contributed by atoms with Gasteiger partial charge < -0.3 is 5.73 Å². The molecule has 6 heteroatoms. The SMILES string of the molecule is Cc1nc(N)n2nc(C)c(Cl)c2n1. The van der Waals surface area contributed by atoms with Crippen molar-refractivity contribution in [3.8, 4) is 0 Å². The average molecular weight is 198 g/mol. The molecule has 2 aromatic rings. The molecule has 2 aromatic heterocycles. The van der Waals surface area contributed by atoms with E-state index in [-0.39, 0.29) is 0 Å². The van der Waals surface area contributed by atoms with Gasteiger partial charge in [-0.1, -0.05) is 11.6 Å². The number of nitrogens with zero attached hydrogens (tertiary/aromatic N) is 4. The molecule has 2 heterocycles. The number of nitrogen functional groups attached to an aromatic ring is 1. The van der Waals surface area contributed by atoms with Gasteiger partial charge in [0, 0.05) is 0 Å². The number of fused-ring (bicyclic) bond motifs is 1. The van der Waals surface area contributed by atoms with Crippen molar-refractivity contribution in [3.05, 3.63) is 16.5 Å². The van der Waals surface area contributed by atoms with Crippen molar-refractivity contribution >= 4 is 23.2 Å². The zero-order valence-corrected chi connectivity index (χ0v) is 8.00. The lowest BCUT2D eigenvalue weighted by Gasteiger charge is -1.97. The summed E-state index contributed by atoms with van der Waals surface area (Å²) in [4.78, 5) is 8.10. The van der Waals surface area contributed by atoms with Crippen LogP contribution in [0.15, 0.2) is 0 Å². The van der Waals surface area contributed by atoms with Crippen LogP contribution in [0.1, 0.15) is 11.5 Å². The summed E-state index contributed by atoms with van der Waals surface area (Å²) in [5.74, 6) is 0.893. The van der Waals surface area contributed by atoms with Gasteiger partial charge in [-0.15, -0.1) is 0 Å². The molecule has 2 N–H and O–H groups in total. The molecule has 13 heavy (non-hydrogen) atoms. The average Bonchev–Trinajstić information content (AvgIpc) is 2.32. The van der Waals surface area contributed by atoms with Crippen LogP contribution in [0, 0.1) is 13.8 Å². The molecule has 0 fully saturated rings. The first-order valence-electron chi connectivity index (χ1n) is 3.74. The summed E-state index contributed by atoms with van der Waals surface area (Å²) in [5, 5.41) is 4.61. The molecule has 68 valence electrons. The molecule has 0 saturated heterocycles. The van der Waals surface area contributed by atoms with E-state index in [0.717, 1.165) is 0 Å². The van der Waals surface area contributed by atoms with Crippen molar-refractivity contribution in [3.63, 3.8) is 0 Å². The summed E-state index contributed by atoms with van der Waals surface area (Å²) >= 11 is 5.96. The van der Waals surface area contributed by atoms with Crippen LogP contribution < -0.4 is 5.73 Å². The second kappa shape index (κ2) is 2.56. The van der Waals surface area contributed by atoms with Gasteiger partial charge in [-0.25, -0.2) is 4.98 Å². The molecular formula is C7H8ClN5. The van der Waals surface area contributed by atoms with Crippen LogP contribution in [-0.4, -0.2) is 19.6 Å². The Morgan fingerprint density at radius 1 is 1.31 bits per heavy atom. The van der Waals surface area contributed by atoms with Crippen LogP contribution in [-0.2, 0) is 0 Å². The minimum Gasteiger partial charge on any atom is -0.368 e. The molecule has 0 aromatic carbocycles. The first-order chi connectivity index (χ1) is 6.09. The smallest absolute Gasteiger partial charge is 0.225 e. The van der Waals surface area contributed by atoms with Crippen LogP contribution in [0.3, 0.4) is 0 Å². The number of anilines is 1. The summed E-state index contributed by atoms with van der Waals surface area (Å²) in [5.41, 5.74) is 6.89. The molecule has 0 aliphatic heterocycles. The number of halogens is 1. The lowest BCUT2D eigenvalue weighted by molar-refractivity contribution is 0.874. The van der Waals surface area contributed by atoms with E-state index in [0.29, 0.717) is 28.1 Å². The maximum atomic E-state index is 5.96. The van der Waals surface area contributed by atoms with E-state index in [1.807, 2.05) is 0 Å². The maximum absolute atomic E-state index is 5.96. The highest BCUT2D eigenvalue weighted by Gasteiger charge is 2.11. The number of nitrogens with two attached hydrogens (primary N) is 1. The summed E-state index contributed by atoms with van der Waals surface area (Å²) in [6.07, 6.45) is 0. The molecule has 0 radical (unpaired) electrons. The Labute approximate surface area is 79.6 Å². The quantitative estimate of drug-likeness (QED) is 0.684. The second-order valence-corrected chi connectivity index (χ2v) is 3.14. The van der Waals surface area contributed by atoms with E-state index in [9.17, 15) is 0 Å². The number of hydrogen-bond acceptors (Lipinski definition) is 4. The Hall–Kier alpha value is -1.36. The van der Waals surface area contributed by atoms with Gasteiger partial charge in [0.25, 0.3) is 0 Å². The van der Waals surface area contributed by atoms with E-state index in [1.54, 1.807) is 13.8 Å². The first-order valence-corrected chi connectivity index (χ1v) is 4.12. The van der Waals surface area contributed by atoms with Gasteiger partial charge in [-0.3, -0.25) is 0 Å². The van der Waals surface area contributed by atoms with E-state index < -0.39 is 0 Å². The van der Waals surface area contributed by atoms with Gasteiger partial charge in [0.15, 0.2) is 5.65 Å². The molecule has 5 nitrogen and oxygen atoms in total. The van der Waals surface area contributed by atoms with E-state index >= 15 is 0 Å². The van der Waals surface area contributed by atoms with Gasteiger partial charge >= 0.3 is 0 Å². The summed E-state index contributed by atoms with van der Waals surface area (Å²) in [7, 11) is 0. The molecule has 0 aliphatic carbocycles. The molecule has 0 saturated carbocycles. The van der Waals surface area contributed by atoms with Crippen molar-refractivity contribution in [1.29, 1.82) is 0 Å². The Bertz CT molecular complexity index is 475. The third-order valence-corrected chi connectivity index (χ3v) is 2.17. The number of aromatic nitrogens is 4. The molecule has 0 bridgehead atoms. The number of hydrogen-bond donors (Lipinski definition) is 1. The minimum absolute atomic E-state index is 0.303. The van der Waals surface area contributed by atoms with Gasteiger partial charge in [0.2, 0.25) is 5.95 Å². The molecule has 0 atom stereocenters. The zero-order valence-electron chi connectivity index (χ0n) is 7.24.